The number of aliphatic hydroxyl groups excluding tert-OH is 1. The first-order valence-corrected chi connectivity index (χ1v) is 10.3. The van der Waals surface area contributed by atoms with Gasteiger partial charge in [-0.3, -0.25) is 0 Å². The van der Waals surface area contributed by atoms with Gasteiger partial charge in [0.25, 0.3) is 0 Å². The van der Waals surface area contributed by atoms with Gasteiger partial charge >= 0.3 is 11.9 Å². The zero-order chi connectivity index (χ0) is 21.1. The molecule has 1 aromatic heterocycles. The zero-order valence-corrected chi connectivity index (χ0v) is 17.5. The number of benzene rings is 2. The van der Waals surface area contributed by atoms with Gasteiger partial charge in [0.05, 0.1) is 24.3 Å². The summed E-state index contributed by atoms with van der Waals surface area (Å²) in [5.41, 5.74) is 2.85. The van der Waals surface area contributed by atoms with Crippen molar-refractivity contribution in [2.75, 3.05) is 6.61 Å². The van der Waals surface area contributed by atoms with Gasteiger partial charge < -0.3 is 19.5 Å². The molecule has 0 spiro atoms. The summed E-state index contributed by atoms with van der Waals surface area (Å²) in [6.45, 7) is 1.87. The molecule has 0 aliphatic carbocycles. The van der Waals surface area contributed by atoms with E-state index in [4.69, 9.17) is 16.3 Å². The maximum Gasteiger partial charge on any atom is 0.340 e. The molecule has 0 saturated heterocycles. The molecule has 0 aliphatic rings. The van der Waals surface area contributed by atoms with Crippen molar-refractivity contribution in [1.29, 1.82) is 0 Å². The first-order valence-electron chi connectivity index (χ1n) is 8.90. The maximum absolute atomic E-state index is 12.7. The number of rotatable bonds is 7. The lowest BCUT2D eigenvalue weighted by atomic mass is 10.1. The lowest BCUT2D eigenvalue weighted by Crippen LogP contribution is -2.08. The smallest absolute Gasteiger partial charge is 0.340 e. The molecule has 152 valence electrons. The van der Waals surface area contributed by atoms with E-state index in [-0.39, 0.29) is 18.8 Å². The second-order valence-electron chi connectivity index (χ2n) is 6.38. The summed E-state index contributed by atoms with van der Waals surface area (Å²) in [5, 5.41) is 19.7. The number of carbonyl (C=O) groups is 2. The van der Waals surface area contributed by atoms with Crippen molar-refractivity contribution >= 4 is 46.2 Å². The lowest BCUT2D eigenvalue weighted by Gasteiger charge is -2.09. The highest BCUT2D eigenvalue weighted by atomic mass is 35.5. The number of thioether (sulfide) groups is 1. The molecular weight excluding hydrogens is 414 g/mol. The van der Waals surface area contributed by atoms with E-state index in [0.717, 1.165) is 11.2 Å². The molecule has 0 saturated carbocycles. The average Bonchev–Trinajstić information content (AvgIpc) is 2.97. The number of hydrogen-bond acceptors (Lipinski definition) is 5. The Morgan fingerprint density at radius 3 is 2.62 bits per heavy atom. The Bertz CT molecular complexity index is 1090. The minimum atomic E-state index is -1.05. The number of carboxylic acids is 1. The fourth-order valence-corrected chi connectivity index (χ4v) is 4.53. The Balaban J connectivity index is 2.04. The van der Waals surface area contributed by atoms with E-state index in [0.29, 0.717) is 32.2 Å². The van der Waals surface area contributed by atoms with E-state index in [1.165, 1.54) is 17.8 Å². The first kappa shape index (κ1) is 21.2. The number of aliphatic hydroxyl groups is 1. The van der Waals surface area contributed by atoms with E-state index >= 15 is 0 Å². The third-order valence-electron chi connectivity index (χ3n) is 4.54. The summed E-state index contributed by atoms with van der Waals surface area (Å²) < 4.78 is 7.18. The summed E-state index contributed by atoms with van der Waals surface area (Å²) in [6.07, 6.45) is 0. The van der Waals surface area contributed by atoms with Crippen LogP contribution in [0.15, 0.2) is 41.3 Å². The predicted molar refractivity (Wildman–Crippen MR) is 113 cm³/mol. The fourth-order valence-electron chi connectivity index (χ4n) is 3.16. The van der Waals surface area contributed by atoms with E-state index in [2.05, 4.69) is 0 Å². The van der Waals surface area contributed by atoms with Crippen LogP contribution in [0.5, 0.6) is 0 Å². The number of aromatic nitrogens is 1. The molecule has 0 atom stereocenters. The van der Waals surface area contributed by atoms with Crippen molar-refractivity contribution in [3.63, 3.8) is 0 Å². The summed E-state index contributed by atoms with van der Waals surface area (Å²) in [5.74, 6) is -1.07. The molecule has 0 unspecified atom stereocenters. The van der Waals surface area contributed by atoms with Crippen LogP contribution in [0.1, 0.15) is 38.9 Å². The van der Waals surface area contributed by atoms with Crippen LogP contribution in [0.2, 0.25) is 5.02 Å². The summed E-state index contributed by atoms with van der Waals surface area (Å²) in [7, 11) is 1.86. The molecule has 0 radical (unpaired) electrons. The first-order chi connectivity index (χ1) is 13.8. The number of aromatic carboxylic acids is 1. The maximum atomic E-state index is 12.7. The molecule has 1 heterocycles. The van der Waals surface area contributed by atoms with Crippen molar-refractivity contribution in [3.8, 4) is 0 Å². The topological polar surface area (TPSA) is 88.8 Å². The number of halogens is 1. The molecule has 0 amide bonds. The minimum Gasteiger partial charge on any atom is -0.478 e. The van der Waals surface area contributed by atoms with Gasteiger partial charge in [-0.1, -0.05) is 17.7 Å². The predicted octanol–water partition coefficient (Wildman–Crippen LogP) is 4.49. The Hall–Kier alpha value is -2.48. The second kappa shape index (κ2) is 8.90. The molecule has 6 nitrogen and oxygen atoms in total. The molecule has 2 aromatic carbocycles. The van der Waals surface area contributed by atoms with Crippen molar-refractivity contribution in [2.24, 2.45) is 7.05 Å². The van der Waals surface area contributed by atoms with Gasteiger partial charge in [0.15, 0.2) is 0 Å². The van der Waals surface area contributed by atoms with Crippen LogP contribution in [-0.4, -0.2) is 33.3 Å². The Morgan fingerprint density at radius 1 is 1.21 bits per heavy atom. The fraction of sp³-hybridized carbons (Fsp3) is 0.238. The largest absolute Gasteiger partial charge is 0.478 e. The number of carboxylic acid groups (broad SMARTS) is 1. The number of fused-ring (bicyclic) bond motifs is 1. The van der Waals surface area contributed by atoms with Crippen LogP contribution in [0.4, 0.5) is 0 Å². The van der Waals surface area contributed by atoms with Gasteiger partial charge in [0, 0.05) is 39.3 Å². The van der Waals surface area contributed by atoms with Crippen LogP contribution >= 0.6 is 23.4 Å². The Labute approximate surface area is 177 Å². The molecular formula is C21H20ClNO5S. The van der Waals surface area contributed by atoms with E-state index in [1.807, 2.05) is 23.7 Å². The third-order valence-corrected chi connectivity index (χ3v) is 5.75. The van der Waals surface area contributed by atoms with E-state index in [9.17, 15) is 19.8 Å². The highest BCUT2D eigenvalue weighted by Crippen LogP contribution is 2.33. The molecule has 0 bridgehead atoms. The summed E-state index contributed by atoms with van der Waals surface area (Å²) in [4.78, 5) is 24.7. The van der Waals surface area contributed by atoms with Crippen LogP contribution in [-0.2, 0) is 24.1 Å². The molecule has 0 aliphatic heterocycles. The van der Waals surface area contributed by atoms with Gasteiger partial charge in [-0.25, -0.2) is 9.59 Å². The van der Waals surface area contributed by atoms with Crippen LogP contribution in [0.25, 0.3) is 10.9 Å². The van der Waals surface area contributed by atoms with Crippen LogP contribution in [0, 0.1) is 0 Å². The van der Waals surface area contributed by atoms with Gasteiger partial charge in [-0.2, -0.15) is 0 Å². The van der Waals surface area contributed by atoms with Gasteiger partial charge in [0.2, 0.25) is 0 Å². The minimum absolute atomic E-state index is 0.107. The number of ether oxygens (including phenoxy) is 1. The average molecular weight is 434 g/mol. The normalized spacial score (nSPS) is 11.0. The zero-order valence-electron chi connectivity index (χ0n) is 15.9. The van der Waals surface area contributed by atoms with Gasteiger partial charge in [-0.15, -0.1) is 11.8 Å². The molecule has 0 fully saturated rings. The van der Waals surface area contributed by atoms with Crippen molar-refractivity contribution < 1.29 is 24.5 Å². The Kier molecular flexibility index (Phi) is 6.52. The monoisotopic (exact) mass is 433 g/mol. The summed E-state index contributed by atoms with van der Waals surface area (Å²) >= 11 is 7.43. The summed E-state index contributed by atoms with van der Waals surface area (Å²) in [6, 6.07) is 10.1. The number of hydrogen-bond donors (Lipinski definition) is 2. The molecule has 8 heteroatoms. The van der Waals surface area contributed by atoms with Crippen LogP contribution < -0.4 is 0 Å². The standard InChI is InChI=1S/C21H20ClNO5S/c1-3-28-21(27)19-16-6-12(10-24)4-5-17(16)23(2)18(19)11-29-15-8-13(20(25)26)7-14(22)9-15/h4-9,24H,3,10-11H2,1-2H3,(H,25,26). The van der Waals surface area contributed by atoms with Crippen molar-refractivity contribution in [1.82, 2.24) is 4.57 Å². The highest BCUT2D eigenvalue weighted by molar-refractivity contribution is 7.98. The van der Waals surface area contributed by atoms with E-state index < -0.39 is 11.9 Å². The molecule has 29 heavy (non-hydrogen) atoms. The van der Waals surface area contributed by atoms with Crippen molar-refractivity contribution in [3.05, 3.63) is 63.8 Å². The molecule has 3 rings (SSSR count). The van der Waals surface area contributed by atoms with Gasteiger partial charge in [-0.05, 0) is 42.8 Å². The lowest BCUT2D eigenvalue weighted by molar-refractivity contribution is 0.0527. The number of esters is 1. The Morgan fingerprint density at radius 2 is 1.97 bits per heavy atom. The van der Waals surface area contributed by atoms with Gasteiger partial charge in [0.1, 0.15) is 0 Å². The highest BCUT2D eigenvalue weighted by Gasteiger charge is 2.23. The number of carbonyl (C=O) groups excluding carboxylic acids is 1. The van der Waals surface area contributed by atoms with Crippen LogP contribution in [0.3, 0.4) is 0 Å². The number of nitrogens with zero attached hydrogens (tertiary/aromatic N) is 1. The third kappa shape index (κ3) is 4.42. The van der Waals surface area contributed by atoms with Crippen molar-refractivity contribution in [2.45, 2.75) is 24.2 Å². The second-order valence-corrected chi connectivity index (χ2v) is 7.87. The SMILES string of the molecule is CCOC(=O)c1c(CSc2cc(Cl)cc(C(=O)O)c2)n(C)c2ccc(CO)cc12. The molecule has 3 aromatic rings. The van der Waals surface area contributed by atoms with E-state index in [1.54, 1.807) is 25.1 Å². The quantitative estimate of drug-likeness (QED) is 0.421. The number of aryl methyl sites for hydroxylation is 1. The molecule has 2 N–H and O–H groups in total.